The van der Waals surface area contributed by atoms with Crippen LogP contribution in [0.4, 0.5) is 0 Å². The van der Waals surface area contributed by atoms with Crippen LogP contribution in [0.15, 0.2) is 0 Å². The normalized spacial score (nSPS) is 15.0. The van der Waals surface area contributed by atoms with E-state index in [-0.39, 0.29) is 17.9 Å². The standard InChI is InChI=1S/C9H17N3O/c1-7(9(11)13)6-12(3)8(2)4-5-10/h7-8H,4,6H2,1-3H3,(H2,11,13). The van der Waals surface area contributed by atoms with Gasteiger partial charge in [-0.3, -0.25) is 4.79 Å². The van der Waals surface area contributed by atoms with Crippen LogP contribution in [0.5, 0.6) is 0 Å². The van der Waals surface area contributed by atoms with Crippen molar-refractivity contribution in [2.45, 2.75) is 26.3 Å². The highest BCUT2D eigenvalue weighted by Crippen LogP contribution is 2.04. The predicted molar refractivity (Wildman–Crippen MR) is 50.7 cm³/mol. The van der Waals surface area contributed by atoms with Crippen LogP contribution in [-0.2, 0) is 4.79 Å². The third kappa shape index (κ3) is 4.48. The third-order valence-electron chi connectivity index (χ3n) is 2.19. The fraction of sp³-hybridized carbons (Fsp3) is 0.778. The second-order valence-corrected chi connectivity index (χ2v) is 3.45. The minimum Gasteiger partial charge on any atom is -0.369 e. The molecule has 0 radical (unpaired) electrons. The number of nitriles is 1. The molecule has 0 heterocycles. The van der Waals surface area contributed by atoms with Gasteiger partial charge >= 0.3 is 0 Å². The van der Waals surface area contributed by atoms with Crippen molar-refractivity contribution in [3.8, 4) is 6.07 Å². The van der Waals surface area contributed by atoms with Gasteiger partial charge < -0.3 is 10.6 Å². The molecule has 0 saturated heterocycles. The number of carbonyl (C=O) groups is 1. The molecular weight excluding hydrogens is 166 g/mol. The van der Waals surface area contributed by atoms with Crippen molar-refractivity contribution in [1.82, 2.24) is 4.90 Å². The number of primary amides is 1. The van der Waals surface area contributed by atoms with Gasteiger partial charge in [-0.05, 0) is 14.0 Å². The molecule has 4 heteroatoms. The monoisotopic (exact) mass is 183 g/mol. The van der Waals surface area contributed by atoms with Crippen LogP contribution in [0.1, 0.15) is 20.3 Å². The van der Waals surface area contributed by atoms with Crippen molar-refractivity contribution < 1.29 is 4.79 Å². The van der Waals surface area contributed by atoms with Gasteiger partial charge in [0.2, 0.25) is 5.91 Å². The highest BCUT2D eigenvalue weighted by atomic mass is 16.1. The van der Waals surface area contributed by atoms with E-state index in [4.69, 9.17) is 11.0 Å². The van der Waals surface area contributed by atoms with E-state index < -0.39 is 0 Å². The maximum atomic E-state index is 10.7. The van der Waals surface area contributed by atoms with Crippen LogP contribution >= 0.6 is 0 Å². The van der Waals surface area contributed by atoms with E-state index in [9.17, 15) is 4.79 Å². The summed E-state index contributed by atoms with van der Waals surface area (Å²) < 4.78 is 0. The molecule has 1 amide bonds. The first kappa shape index (κ1) is 11.9. The third-order valence-corrected chi connectivity index (χ3v) is 2.19. The van der Waals surface area contributed by atoms with Crippen molar-refractivity contribution in [3.05, 3.63) is 0 Å². The fourth-order valence-corrected chi connectivity index (χ4v) is 0.990. The van der Waals surface area contributed by atoms with Crippen molar-refractivity contribution >= 4 is 5.91 Å². The van der Waals surface area contributed by atoms with Crippen molar-refractivity contribution in [3.63, 3.8) is 0 Å². The number of amides is 1. The summed E-state index contributed by atoms with van der Waals surface area (Å²) in [6.45, 7) is 4.35. The highest BCUT2D eigenvalue weighted by molar-refractivity contribution is 5.76. The van der Waals surface area contributed by atoms with E-state index in [2.05, 4.69) is 6.07 Å². The Kier molecular flexibility index (Phi) is 5.09. The minimum absolute atomic E-state index is 0.161. The van der Waals surface area contributed by atoms with E-state index >= 15 is 0 Å². The summed E-state index contributed by atoms with van der Waals surface area (Å²) >= 11 is 0. The molecule has 0 spiro atoms. The zero-order valence-electron chi connectivity index (χ0n) is 8.45. The van der Waals surface area contributed by atoms with Crippen LogP contribution in [0.25, 0.3) is 0 Å². The molecule has 0 aromatic carbocycles. The minimum atomic E-state index is -0.295. The Labute approximate surface area is 79.3 Å². The molecule has 4 nitrogen and oxygen atoms in total. The molecule has 0 aliphatic carbocycles. The van der Waals surface area contributed by atoms with Crippen molar-refractivity contribution in [2.24, 2.45) is 11.7 Å². The Bertz CT molecular complexity index is 209. The Morgan fingerprint density at radius 1 is 1.62 bits per heavy atom. The van der Waals surface area contributed by atoms with Crippen LogP contribution in [0, 0.1) is 17.2 Å². The lowest BCUT2D eigenvalue weighted by Crippen LogP contribution is -2.37. The van der Waals surface area contributed by atoms with E-state index in [1.807, 2.05) is 18.9 Å². The highest BCUT2D eigenvalue weighted by Gasteiger charge is 2.15. The molecule has 2 atom stereocenters. The van der Waals surface area contributed by atoms with E-state index in [1.54, 1.807) is 6.92 Å². The molecule has 0 saturated carbocycles. The first-order valence-electron chi connectivity index (χ1n) is 4.35. The Balaban J connectivity index is 3.93. The first-order valence-corrected chi connectivity index (χ1v) is 4.35. The first-order chi connectivity index (χ1) is 5.99. The largest absolute Gasteiger partial charge is 0.369 e. The second kappa shape index (κ2) is 5.55. The SMILES string of the molecule is CC(CN(C)C(C)CC#N)C(N)=O. The molecule has 0 bridgehead atoms. The van der Waals surface area contributed by atoms with Crippen LogP contribution < -0.4 is 5.73 Å². The summed E-state index contributed by atoms with van der Waals surface area (Å²) in [5.41, 5.74) is 5.13. The number of hydrogen-bond donors (Lipinski definition) is 1. The van der Waals surface area contributed by atoms with Gasteiger partial charge in [-0.15, -0.1) is 0 Å². The van der Waals surface area contributed by atoms with Crippen LogP contribution in [0.3, 0.4) is 0 Å². The van der Waals surface area contributed by atoms with Gasteiger partial charge in [0, 0.05) is 18.5 Å². The summed E-state index contributed by atoms with van der Waals surface area (Å²) in [5.74, 6) is -0.456. The van der Waals surface area contributed by atoms with E-state index in [0.717, 1.165) is 0 Å². The molecule has 2 unspecified atom stereocenters. The molecule has 74 valence electrons. The van der Waals surface area contributed by atoms with E-state index in [0.29, 0.717) is 13.0 Å². The number of nitrogens with zero attached hydrogens (tertiary/aromatic N) is 2. The number of carbonyl (C=O) groups excluding carboxylic acids is 1. The van der Waals surface area contributed by atoms with Gasteiger partial charge in [0.15, 0.2) is 0 Å². The topological polar surface area (TPSA) is 70.1 Å². The van der Waals surface area contributed by atoms with Gasteiger partial charge in [0.1, 0.15) is 0 Å². The Morgan fingerprint density at radius 3 is 2.54 bits per heavy atom. The summed E-state index contributed by atoms with van der Waals surface area (Å²) in [6.07, 6.45) is 0.474. The van der Waals surface area contributed by atoms with Gasteiger partial charge in [0.05, 0.1) is 12.5 Å². The maximum absolute atomic E-state index is 10.7. The lowest BCUT2D eigenvalue weighted by atomic mass is 10.1. The lowest BCUT2D eigenvalue weighted by Gasteiger charge is -2.24. The number of hydrogen-bond acceptors (Lipinski definition) is 3. The van der Waals surface area contributed by atoms with Gasteiger partial charge in [-0.25, -0.2) is 0 Å². The van der Waals surface area contributed by atoms with Gasteiger partial charge in [0.25, 0.3) is 0 Å². The molecule has 0 aliphatic rings. The molecule has 2 N–H and O–H groups in total. The summed E-state index contributed by atoms with van der Waals surface area (Å²) in [7, 11) is 1.89. The molecule has 0 aromatic heterocycles. The molecule has 0 rings (SSSR count). The number of rotatable bonds is 5. The average molecular weight is 183 g/mol. The summed E-state index contributed by atoms with van der Waals surface area (Å²) in [6, 6.07) is 2.27. The average Bonchev–Trinajstić information content (AvgIpc) is 2.04. The molecule has 0 aromatic rings. The van der Waals surface area contributed by atoms with Gasteiger partial charge in [-0.1, -0.05) is 6.92 Å². The van der Waals surface area contributed by atoms with Crippen molar-refractivity contribution in [1.29, 1.82) is 5.26 Å². The van der Waals surface area contributed by atoms with Gasteiger partial charge in [-0.2, -0.15) is 5.26 Å². The summed E-state index contributed by atoms with van der Waals surface area (Å²) in [4.78, 5) is 12.7. The molecular formula is C9H17N3O. The zero-order chi connectivity index (χ0) is 10.4. The van der Waals surface area contributed by atoms with E-state index in [1.165, 1.54) is 0 Å². The predicted octanol–water partition coefficient (Wildman–Crippen LogP) is 0.342. The molecule has 0 aliphatic heterocycles. The Morgan fingerprint density at radius 2 is 2.15 bits per heavy atom. The fourth-order valence-electron chi connectivity index (χ4n) is 0.990. The Hall–Kier alpha value is -1.08. The van der Waals surface area contributed by atoms with Crippen LogP contribution in [-0.4, -0.2) is 30.4 Å². The number of nitrogens with two attached hydrogens (primary N) is 1. The van der Waals surface area contributed by atoms with Crippen molar-refractivity contribution in [2.75, 3.05) is 13.6 Å². The molecule has 13 heavy (non-hydrogen) atoms. The second-order valence-electron chi connectivity index (χ2n) is 3.45. The maximum Gasteiger partial charge on any atom is 0.221 e. The summed E-state index contributed by atoms with van der Waals surface area (Å²) in [5, 5.41) is 8.46. The quantitative estimate of drug-likeness (QED) is 0.668. The lowest BCUT2D eigenvalue weighted by molar-refractivity contribution is -0.121. The molecule has 0 fully saturated rings. The van der Waals surface area contributed by atoms with Crippen LogP contribution in [0.2, 0.25) is 0 Å². The zero-order valence-corrected chi connectivity index (χ0v) is 8.45. The smallest absolute Gasteiger partial charge is 0.221 e.